The van der Waals surface area contributed by atoms with E-state index in [2.05, 4.69) is 75.0 Å². The minimum absolute atomic E-state index is 0.750. The van der Waals surface area contributed by atoms with Gasteiger partial charge in [-0.15, -0.1) is 11.7 Å². The Labute approximate surface area is 174 Å². The summed E-state index contributed by atoms with van der Waals surface area (Å²) in [5, 5.41) is 12.0. The van der Waals surface area contributed by atoms with Gasteiger partial charge in [-0.05, 0) is 53.9 Å². The van der Waals surface area contributed by atoms with Gasteiger partial charge in [0.25, 0.3) is 0 Å². The van der Waals surface area contributed by atoms with Crippen LogP contribution in [0, 0.1) is 6.92 Å². The molecule has 0 radical (unpaired) electrons. The van der Waals surface area contributed by atoms with E-state index in [4.69, 9.17) is 0 Å². The molecule has 0 aliphatic carbocycles. The zero-order valence-electron chi connectivity index (χ0n) is 16.8. The Kier molecular flexibility index (Phi) is 4.61. The lowest BCUT2D eigenvalue weighted by atomic mass is 10.00. The van der Waals surface area contributed by atoms with Crippen LogP contribution >= 0.6 is 0 Å². The number of imidazole rings is 1. The van der Waals surface area contributed by atoms with Crippen molar-refractivity contribution in [3.05, 3.63) is 90.9 Å². The van der Waals surface area contributed by atoms with Crippen LogP contribution in [0.1, 0.15) is 11.3 Å². The standard InChI is InChI=1S/C24H22N6/c1-3-12-25-15-19-16-26-24-14-18(11-13-29(19)24)20-7-6-10-22(17(20)2)30-23-9-5-4-8-21(23)27-28-30/h3-11,13-14,16,25H,1,12,15H2,2H3. The molecule has 0 fully saturated rings. The van der Waals surface area contributed by atoms with Gasteiger partial charge in [0.2, 0.25) is 0 Å². The number of nitrogens with one attached hydrogen (secondary N) is 1. The summed E-state index contributed by atoms with van der Waals surface area (Å²) in [5.41, 5.74) is 8.40. The minimum Gasteiger partial charge on any atom is -0.308 e. The zero-order valence-corrected chi connectivity index (χ0v) is 16.8. The molecular formula is C24H22N6. The highest BCUT2D eigenvalue weighted by molar-refractivity contribution is 5.79. The Bertz CT molecular complexity index is 1360. The van der Waals surface area contributed by atoms with E-state index in [1.807, 2.05) is 41.2 Å². The fourth-order valence-corrected chi connectivity index (χ4v) is 3.85. The van der Waals surface area contributed by atoms with E-state index in [9.17, 15) is 0 Å². The molecule has 0 spiro atoms. The third-order valence-electron chi connectivity index (χ3n) is 5.38. The van der Waals surface area contributed by atoms with Gasteiger partial charge in [0.15, 0.2) is 0 Å². The van der Waals surface area contributed by atoms with E-state index in [-0.39, 0.29) is 0 Å². The molecule has 30 heavy (non-hydrogen) atoms. The Balaban J connectivity index is 1.55. The van der Waals surface area contributed by atoms with Crippen molar-refractivity contribution >= 4 is 16.7 Å². The van der Waals surface area contributed by atoms with Crippen LogP contribution < -0.4 is 5.32 Å². The van der Waals surface area contributed by atoms with Crippen LogP contribution in [0.5, 0.6) is 0 Å². The Hall–Kier alpha value is -3.77. The number of nitrogens with zero attached hydrogens (tertiary/aromatic N) is 5. The predicted octanol–water partition coefficient (Wildman–Crippen LogP) is 4.32. The minimum atomic E-state index is 0.750. The van der Waals surface area contributed by atoms with Crippen LogP contribution in [0.2, 0.25) is 0 Å². The third-order valence-corrected chi connectivity index (χ3v) is 5.38. The number of benzene rings is 2. The number of para-hydroxylation sites is 1. The number of rotatable bonds is 6. The molecule has 0 saturated heterocycles. The molecule has 0 amide bonds. The first-order chi connectivity index (χ1) is 14.8. The molecule has 148 valence electrons. The lowest BCUT2D eigenvalue weighted by Crippen LogP contribution is -2.13. The maximum absolute atomic E-state index is 4.60. The topological polar surface area (TPSA) is 60.0 Å². The Morgan fingerprint density at radius 3 is 2.90 bits per heavy atom. The van der Waals surface area contributed by atoms with Gasteiger partial charge in [0, 0.05) is 19.3 Å². The number of aromatic nitrogens is 5. The fourth-order valence-electron chi connectivity index (χ4n) is 3.85. The zero-order chi connectivity index (χ0) is 20.5. The van der Waals surface area contributed by atoms with Gasteiger partial charge in [0.05, 0.1) is 23.1 Å². The Morgan fingerprint density at radius 1 is 1.10 bits per heavy atom. The molecule has 0 atom stereocenters. The van der Waals surface area contributed by atoms with Gasteiger partial charge >= 0.3 is 0 Å². The largest absolute Gasteiger partial charge is 0.308 e. The molecule has 0 bridgehead atoms. The molecule has 6 heteroatoms. The van der Waals surface area contributed by atoms with Gasteiger partial charge in [-0.3, -0.25) is 0 Å². The number of pyridine rings is 1. The highest BCUT2D eigenvalue weighted by Gasteiger charge is 2.13. The molecule has 0 aliphatic rings. The molecule has 1 N–H and O–H groups in total. The molecular weight excluding hydrogens is 372 g/mol. The number of hydrogen-bond acceptors (Lipinski definition) is 4. The number of hydrogen-bond donors (Lipinski definition) is 1. The van der Waals surface area contributed by atoms with Crippen molar-refractivity contribution in [1.82, 2.24) is 29.7 Å². The van der Waals surface area contributed by atoms with Crippen LogP contribution in [0.3, 0.4) is 0 Å². The fraction of sp³-hybridized carbons (Fsp3) is 0.125. The molecule has 5 rings (SSSR count). The molecule has 3 aromatic heterocycles. The maximum atomic E-state index is 4.60. The van der Waals surface area contributed by atoms with E-state index < -0.39 is 0 Å². The van der Waals surface area contributed by atoms with Crippen molar-refractivity contribution in [2.45, 2.75) is 13.5 Å². The first-order valence-corrected chi connectivity index (χ1v) is 9.94. The van der Waals surface area contributed by atoms with E-state index in [0.29, 0.717) is 0 Å². The lowest BCUT2D eigenvalue weighted by molar-refractivity contribution is 0.734. The summed E-state index contributed by atoms with van der Waals surface area (Å²) in [6.45, 7) is 7.39. The second-order valence-corrected chi connectivity index (χ2v) is 7.25. The van der Waals surface area contributed by atoms with Crippen LogP contribution in [0.15, 0.2) is 79.6 Å². The summed E-state index contributed by atoms with van der Waals surface area (Å²) in [6, 6.07) is 18.6. The van der Waals surface area contributed by atoms with Crippen molar-refractivity contribution in [1.29, 1.82) is 0 Å². The lowest BCUT2D eigenvalue weighted by Gasteiger charge is -2.12. The van der Waals surface area contributed by atoms with E-state index in [1.54, 1.807) is 0 Å². The molecule has 5 aromatic rings. The van der Waals surface area contributed by atoms with Gasteiger partial charge in [-0.25, -0.2) is 9.67 Å². The summed E-state index contributed by atoms with van der Waals surface area (Å²) in [6.07, 6.45) is 5.86. The van der Waals surface area contributed by atoms with Gasteiger partial charge in [-0.2, -0.15) is 0 Å². The SMILES string of the molecule is C=CCNCc1cnc2cc(-c3cccc(-n4nnc5ccccc54)c3C)ccn12. The summed E-state index contributed by atoms with van der Waals surface area (Å²) in [7, 11) is 0. The molecule has 3 heterocycles. The summed E-state index contributed by atoms with van der Waals surface area (Å²) >= 11 is 0. The maximum Gasteiger partial charge on any atom is 0.137 e. The second kappa shape index (κ2) is 7.57. The number of fused-ring (bicyclic) bond motifs is 2. The van der Waals surface area contributed by atoms with E-state index in [0.717, 1.165) is 57.8 Å². The van der Waals surface area contributed by atoms with Crippen molar-refractivity contribution in [2.75, 3.05) is 6.54 Å². The van der Waals surface area contributed by atoms with Crippen LogP contribution in [-0.2, 0) is 6.54 Å². The Morgan fingerprint density at radius 2 is 2.00 bits per heavy atom. The highest BCUT2D eigenvalue weighted by atomic mass is 15.4. The average Bonchev–Trinajstić information content (AvgIpc) is 3.38. The van der Waals surface area contributed by atoms with Crippen molar-refractivity contribution in [2.24, 2.45) is 0 Å². The van der Waals surface area contributed by atoms with Crippen LogP contribution in [0.25, 0.3) is 33.5 Å². The molecule has 0 unspecified atom stereocenters. The van der Waals surface area contributed by atoms with Gasteiger partial charge in [0.1, 0.15) is 11.2 Å². The van der Waals surface area contributed by atoms with Crippen molar-refractivity contribution in [3.63, 3.8) is 0 Å². The first kappa shape index (κ1) is 18.3. The summed E-state index contributed by atoms with van der Waals surface area (Å²) < 4.78 is 4.02. The van der Waals surface area contributed by atoms with Crippen LogP contribution in [0.4, 0.5) is 0 Å². The summed E-state index contributed by atoms with van der Waals surface area (Å²) in [4.78, 5) is 4.60. The van der Waals surface area contributed by atoms with Crippen LogP contribution in [-0.4, -0.2) is 30.9 Å². The second-order valence-electron chi connectivity index (χ2n) is 7.25. The summed E-state index contributed by atoms with van der Waals surface area (Å²) in [5.74, 6) is 0. The molecule has 6 nitrogen and oxygen atoms in total. The quantitative estimate of drug-likeness (QED) is 0.344. The predicted molar refractivity (Wildman–Crippen MR) is 120 cm³/mol. The first-order valence-electron chi connectivity index (χ1n) is 9.94. The molecule has 2 aromatic carbocycles. The molecule has 0 aliphatic heterocycles. The van der Waals surface area contributed by atoms with Crippen molar-refractivity contribution < 1.29 is 0 Å². The van der Waals surface area contributed by atoms with Gasteiger partial charge in [-0.1, -0.05) is 35.6 Å². The molecule has 0 saturated carbocycles. The van der Waals surface area contributed by atoms with Gasteiger partial charge < -0.3 is 9.72 Å². The van der Waals surface area contributed by atoms with E-state index >= 15 is 0 Å². The van der Waals surface area contributed by atoms with E-state index in [1.165, 1.54) is 0 Å². The monoisotopic (exact) mass is 394 g/mol. The smallest absolute Gasteiger partial charge is 0.137 e. The highest BCUT2D eigenvalue weighted by Crippen LogP contribution is 2.29. The third kappa shape index (κ3) is 3.07. The normalized spacial score (nSPS) is 11.4. The van der Waals surface area contributed by atoms with Crippen molar-refractivity contribution in [3.8, 4) is 16.8 Å². The average molecular weight is 394 g/mol.